The van der Waals surface area contributed by atoms with E-state index in [-0.39, 0.29) is 0 Å². The summed E-state index contributed by atoms with van der Waals surface area (Å²) in [5.74, 6) is -1.35. The Morgan fingerprint density at radius 1 is 1.12 bits per heavy atom. The van der Waals surface area contributed by atoms with Crippen LogP contribution in [0, 0.1) is 0 Å². The molecule has 0 radical (unpaired) electrons. The zero-order chi connectivity index (χ0) is 12.4. The SMILES string of the molecule is CC(=O)OOC(=O)c1ccccc1.CC=O. The predicted molar refractivity (Wildman–Crippen MR) is 55.4 cm³/mol. The minimum Gasteiger partial charge on any atom is -0.304 e. The second-order valence-electron chi connectivity index (χ2n) is 2.55. The molecule has 0 fully saturated rings. The standard InChI is InChI=1S/C9H8O4.C2H4O/c1-7(10)12-13-9(11)8-5-3-2-4-6-8;1-2-3/h2-6H,1H3;2H,1H3. The Morgan fingerprint density at radius 2 is 1.62 bits per heavy atom. The molecule has 1 rings (SSSR count). The lowest BCUT2D eigenvalue weighted by molar-refractivity contribution is -0.231. The number of benzene rings is 1. The van der Waals surface area contributed by atoms with Crippen molar-refractivity contribution in [1.29, 1.82) is 0 Å². The van der Waals surface area contributed by atoms with E-state index in [0.717, 1.165) is 13.2 Å². The van der Waals surface area contributed by atoms with E-state index < -0.39 is 11.9 Å². The van der Waals surface area contributed by atoms with Crippen LogP contribution >= 0.6 is 0 Å². The summed E-state index contributed by atoms with van der Waals surface area (Å²) >= 11 is 0. The molecule has 0 N–H and O–H groups in total. The van der Waals surface area contributed by atoms with Crippen LogP contribution in [0.1, 0.15) is 24.2 Å². The first-order valence-corrected chi connectivity index (χ1v) is 4.46. The number of carbonyl (C=O) groups is 3. The summed E-state index contributed by atoms with van der Waals surface area (Å²) in [6, 6.07) is 8.26. The molecule has 0 saturated carbocycles. The molecule has 0 aliphatic rings. The minimum absolute atomic E-state index is 0.337. The van der Waals surface area contributed by atoms with E-state index in [1.807, 2.05) is 0 Å². The topological polar surface area (TPSA) is 69.7 Å². The van der Waals surface area contributed by atoms with Crippen LogP contribution in [0.15, 0.2) is 30.3 Å². The lowest BCUT2D eigenvalue weighted by atomic mass is 10.2. The van der Waals surface area contributed by atoms with Crippen molar-refractivity contribution < 1.29 is 24.2 Å². The van der Waals surface area contributed by atoms with E-state index in [4.69, 9.17) is 4.79 Å². The van der Waals surface area contributed by atoms with Gasteiger partial charge >= 0.3 is 11.9 Å². The second-order valence-corrected chi connectivity index (χ2v) is 2.55. The first kappa shape index (κ1) is 13.8. The Labute approximate surface area is 92.9 Å². The van der Waals surface area contributed by atoms with Crippen molar-refractivity contribution >= 4 is 18.2 Å². The highest BCUT2D eigenvalue weighted by Crippen LogP contribution is 2.00. The van der Waals surface area contributed by atoms with Crippen LogP contribution in [0.3, 0.4) is 0 Å². The van der Waals surface area contributed by atoms with Crippen molar-refractivity contribution in [2.24, 2.45) is 0 Å². The zero-order valence-corrected chi connectivity index (χ0v) is 9.01. The molecule has 0 heterocycles. The van der Waals surface area contributed by atoms with E-state index in [2.05, 4.69) is 9.78 Å². The molecule has 0 aliphatic heterocycles. The monoisotopic (exact) mass is 224 g/mol. The molecule has 0 unspecified atom stereocenters. The number of hydrogen-bond donors (Lipinski definition) is 0. The first-order chi connectivity index (χ1) is 7.61. The van der Waals surface area contributed by atoms with E-state index in [9.17, 15) is 9.59 Å². The van der Waals surface area contributed by atoms with Crippen molar-refractivity contribution in [3.63, 3.8) is 0 Å². The van der Waals surface area contributed by atoms with Gasteiger partial charge in [-0.1, -0.05) is 18.2 Å². The van der Waals surface area contributed by atoms with Crippen LogP contribution < -0.4 is 0 Å². The molecule has 5 heteroatoms. The van der Waals surface area contributed by atoms with E-state index >= 15 is 0 Å². The van der Waals surface area contributed by atoms with Crippen molar-refractivity contribution in [2.45, 2.75) is 13.8 Å². The average molecular weight is 224 g/mol. The molecule has 5 nitrogen and oxygen atoms in total. The van der Waals surface area contributed by atoms with Crippen LogP contribution in [-0.2, 0) is 19.4 Å². The Balaban J connectivity index is 0.000000673. The third-order valence-electron chi connectivity index (χ3n) is 1.24. The lowest BCUT2D eigenvalue weighted by Crippen LogP contribution is -2.08. The summed E-state index contributed by atoms with van der Waals surface area (Å²) in [6.45, 7) is 2.60. The van der Waals surface area contributed by atoms with Crippen LogP contribution in [0.2, 0.25) is 0 Å². The van der Waals surface area contributed by atoms with Gasteiger partial charge in [-0.05, 0) is 19.1 Å². The van der Waals surface area contributed by atoms with Crippen LogP contribution in [0.25, 0.3) is 0 Å². The fraction of sp³-hybridized carbons (Fsp3) is 0.182. The number of hydrogen-bond acceptors (Lipinski definition) is 5. The molecule has 0 amide bonds. The van der Waals surface area contributed by atoms with Gasteiger partial charge in [-0.3, -0.25) is 0 Å². The van der Waals surface area contributed by atoms with Gasteiger partial charge in [-0.25, -0.2) is 19.4 Å². The van der Waals surface area contributed by atoms with E-state index in [0.29, 0.717) is 5.56 Å². The average Bonchev–Trinajstić information content (AvgIpc) is 2.28. The van der Waals surface area contributed by atoms with Gasteiger partial charge in [0.15, 0.2) is 0 Å². The fourth-order valence-electron chi connectivity index (χ4n) is 0.719. The number of aldehydes is 1. The van der Waals surface area contributed by atoms with Gasteiger partial charge in [0, 0.05) is 6.92 Å². The Bertz CT molecular complexity index is 345. The Kier molecular flexibility index (Phi) is 7.06. The molecule has 1 aromatic rings. The quantitative estimate of drug-likeness (QED) is 0.411. The summed E-state index contributed by atoms with van der Waals surface area (Å²) in [4.78, 5) is 38.4. The van der Waals surface area contributed by atoms with Gasteiger partial charge in [-0.15, -0.1) is 0 Å². The van der Waals surface area contributed by atoms with Crippen LogP contribution in [-0.4, -0.2) is 18.2 Å². The number of rotatable bonds is 1. The van der Waals surface area contributed by atoms with Gasteiger partial charge in [0.1, 0.15) is 6.29 Å². The smallest absolute Gasteiger partial charge is 0.304 e. The van der Waals surface area contributed by atoms with Gasteiger partial charge in [0.2, 0.25) is 0 Å². The third kappa shape index (κ3) is 6.31. The number of carbonyl (C=O) groups excluding carboxylic acids is 3. The lowest BCUT2D eigenvalue weighted by Gasteiger charge is -1.99. The highest BCUT2D eigenvalue weighted by Gasteiger charge is 2.08. The summed E-state index contributed by atoms with van der Waals surface area (Å²) in [5, 5.41) is 0. The molecule has 1 aromatic carbocycles. The molecule has 0 saturated heterocycles. The fourth-order valence-corrected chi connectivity index (χ4v) is 0.719. The Morgan fingerprint density at radius 3 is 2.06 bits per heavy atom. The summed E-state index contributed by atoms with van der Waals surface area (Å²) in [5.41, 5.74) is 0.337. The summed E-state index contributed by atoms with van der Waals surface area (Å²) < 4.78 is 0. The normalized spacial score (nSPS) is 8.12. The minimum atomic E-state index is -0.684. The Hall–Kier alpha value is -2.17. The molecule has 86 valence electrons. The molecular formula is C11H12O5. The molecule has 16 heavy (non-hydrogen) atoms. The maximum Gasteiger partial charge on any atom is 0.386 e. The molecule has 0 aliphatic carbocycles. The van der Waals surface area contributed by atoms with Gasteiger partial charge in [0.05, 0.1) is 5.56 Å². The maximum atomic E-state index is 11.0. The van der Waals surface area contributed by atoms with Crippen LogP contribution in [0.4, 0.5) is 0 Å². The first-order valence-electron chi connectivity index (χ1n) is 4.46. The summed E-state index contributed by atoms with van der Waals surface area (Å²) in [7, 11) is 0. The second kappa shape index (κ2) is 8.16. The van der Waals surface area contributed by atoms with Crippen molar-refractivity contribution in [2.75, 3.05) is 0 Å². The summed E-state index contributed by atoms with van der Waals surface area (Å²) in [6.07, 6.45) is 0.750. The van der Waals surface area contributed by atoms with Crippen molar-refractivity contribution in [3.8, 4) is 0 Å². The highest BCUT2D eigenvalue weighted by atomic mass is 17.2. The maximum absolute atomic E-state index is 11.0. The van der Waals surface area contributed by atoms with Crippen LogP contribution in [0.5, 0.6) is 0 Å². The molecule has 0 bridgehead atoms. The van der Waals surface area contributed by atoms with Crippen molar-refractivity contribution in [1.82, 2.24) is 0 Å². The molecule has 0 spiro atoms. The van der Waals surface area contributed by atoms with Crippen molar-refractivity contribution in [3.05, 3.63) is 35.9 Å². The van der Waals surface area contributed by atoms with Gasteiger partial charge in [0.25, 0.3) is 0 Å². The van der Waals surface area contributed by atoms with E-state index in [1.54, 1.807) is 30.3 Å². The third-order valence-corrected chi connectivity index (χ3v) is 1.24. The van der Waals surface area contributed by atoms with Gasteiger partial charge < -0.3 is 4.79 Å². The van der Waals surface area contributed by atoms with E-state index in [1.165, 1.54) is 6.92 Å². The molecule has 0 aromatic heterocycles. The predicted octanol–water partition coefficient (Wildman–Crippen LogP) is 1.53. The van der Waals surface area contributed by atoms with Gasteiger partial charge in [-0.2, -0.15) is 0 Å². The molecule has 0 atom stereocenters. The highest BCUT2D eigenvalue weighted by molar-refractivity contribution is 5.89. The molecular weight excluding hydrogens is 212 g/mol. The zero-order valence-electron chi connectivity index (χ0n) is 9.01. The largest absolute Gasteiger partial charge is 0.386 e.